The zero-order chi connectivity index (χ0) is 12.1. The minimum Gasteiger partial charge on any atom is -0.467 e. The fourth-order valence-electron chi connectivity index (χ4n) is 1.36. The molecule has 88 valence electrons. The van der Waals surface area contributed by atoms with Crippen LogP contribution in [0.15, 0.2) is 47.1 Å². The molecule has 4 N–H and O–H groups in total. The third-order valence-electron chi connectivity index (χ3n) is 2.21. The van der Waals surface area contributed by atoms with Crippen LogP contribution in [-0.4, -0.2) is 5.11 Å². The first-order valence-electron chi connectivity index (χ1n) is 5.17. The maximum absolute atomic E-state index is 5.79. The fraction of sp³-hybridized carbons (Fsp3) is 0.0833. The predicted molar refractivity (Wildman–Crippen MR) is 72.6 cm³/mol. The number of nitrogens with one attached hydrogen (secondary N) is 2. The van der Waals surface area contributed by atoms with Crippen LogP contribution in [0, 0.1) is 0 Å². The van der Waals surface area contributed by atoms with Gasteiger partial charge >= 0.3 is 0 Å². The third kappa shape index (κ3) is 3.22. The quantitative estimate of drug-likeness (QED) is 0.574. The largest absolute Gasteiger partial charge is 0.467 e. The minimum atomic E-state index is 0.513. The number of benzene rings is 1. The van der Waals surface area contributed by atoms with Gasteiger partial charge in [-0.2, -0.15) is 0 Å². The Balaban J connectivity index is 1.87. The van der Waals surface area contributed by atoms with Gasteiger partial charge in [-0.05, 0) is 36.5 Å². The summed E-state index contributed by atoms with van der Waals surface area (Å²) in [6.45, 7) is 0.547. The van der Waals surface area contributed by atoms with E-state index in [9.17, 15) is 0 Å². The number of nitrogen functional groups attached to an aromatic ring is 1. The van der Waals surface area contributed by atoms with Crippen molar-refractivity contribution >= 4 is 28.7 Å². The standard InChI is InChI=1S/C12H13N3OS/c13-10-5-1-2-6-11(10)15-12(17)14-8-9-4-3-7-16-9/h1-7H,8,13H2,(H2,14,15,17). The Labute approximate surface area is 105 Å². The Morgan fingerprint density at radius 1 is 1.24 bits per heavy atom. The van der Waals surface area contributed by atoms with Crippen LogP contribution in [-0.2, 0) is 6.54 Å². The Hall–Kier alpha value is -2.01. The van der Waals surface area contributed by atoms with Crippen molar-refractivity contribution in [2.75, 3.05) is 11.1 Å². The number of rotatable bonds is 3. The van der Waals surface area contributed by atoms with Crippen molar-refractivity contribution in [1.29, 1.82) is 0 Å². The lowest BCUT2D eigenvalue weighted by Crippen LogP contribution is -2.28. The van der Waals surface area contributed by atoms with E-state index >= 15 is 0 Å². The first kappa shape index (κ1) is 11.5. The number of thiocarbonyl (C=S) groups is 1. The number of furan rings is 1. The molecule has 0 amide bonds. The number of hydrogen-bond acceptors (Lipinski definition) is 3. The lowest BCUT2D eigenvalue weighted by Gasteiger charge is -2.11. The van der Waals surface area contributed by atoms with E-state index in [2.05, 4.69) is 10.6 Å². The molecule has 0 saturated heterocycles. The van der Waals surface area contributed by atoms with Crippen LogP contribution in [0.1, 0.15) is 5.76 Å². The van der Waals surface area contributed by atoms with Gasteiger partial charge in [-0.15, -0.1) is 0 Å². The van der Waals surface area contributed by atoms with Crippen LogP contribution in [0.4, 0.5) is 11.4 Å². The lowest BCUT2D eigenvalue weighted by molar-refractivity contribution is 0.503. The summed E-state index contributed by atoms with van der Waals surface area (Å²) in [4.78, 5) is 0. The molecule has 17 heavy (non-hydrogen) atoms. The summed E-state index contributed by atoms with van der Waals surface area (Å²) in [7, 11) is 0. The zero-order valence-corrected chi connectivity index (χ0v) is 9.96. The molecular weight excluding hydrogens is 234 g/mol. The predicted octanol–water partition coefficient (Wildman–Crippen LogP) is 2.35. The summed E-state index contributed by atoms with van der Waals surface area (Å²) in [5.41, 5.74) is 7.25. The fourth-order valence-corrected chi connectivity index (χ4v) is 1.54. The molecule has 0 aliphatic heterocycles. The van der Waals surface area contributed by atoms with Gasteiger partial charge < -0.3 is 20.8 Å². The summed E-state index contributed by atoms with van der Waals surface area (Å²) in [6.07, 6.45) is 1.63. The van der Waals surface area contributed by atoms with Gasteiger partial charge in [0.1, 0.15) is 5.76 Å². The maximum Gasteiger partial charge on any atom is 0.171 e. The maximum atomic E-state index is 5.79. The van der Waals surface area contributed by atoms with Crippen molar-refractivity contribution in [1.82, 2.24) is 5.32 Å². The summed E-state index contributed by atoms with van der Waals surface area (Å²) in [6, 6.07) is 11.2. The molecule has 0 aliphatic carbocycles. The van der Waals surface area contributed by atoms with Crippen molar-refractivity contribution in [2.45, 2.75) is 6.54 Å². The van der Waals surface area contributed by atoms with E-state index in [4.69, 9.17) is 22.4 Å². The average Bonchev–Trinajstić information content (AvgIpc) is 2.82. The molecule has 2 aromatic rings. The molecule has 0 spiro atoms. The molecule has 0 fully saturated rings. The smallest absolute Gasteiger partial charge is 0.171 e. The molecule has 1 aromatic heterocycles. The SMILES string of the molecule is Nc1ccccc1NC(=S)NCc1ccco1. The average molecular weight is 247 g/mol. The Kier molecular flexibility index (Phi) is 3.62. The first-order valence-corrected chi connectivity index (χ1v) is 5.58. The van der Waals surface area contributed by atoms with E-state index in [1.54, 1.807) is 6.26 Å². The van der Waals surface area contributed by atoms with Gasteiger partial charge in [-0.1, -0.05) is 12.1 Å². The normalized spacial score (nSPS) is 9.88. The van der Waals surface area contributed by atoms with Crippen LogP contribution in [0.25, 0.3) is 0 Å². The van der Waals surface area contributed by atoms with Gasteiger partial charge in [0, 0.05) is 0 Å². The van der Waals surface area contributed by atoms with E-state index in [0.717, 1.165) is 11.4 Å². The first-order chi connectivity index (χ1) is 8.25. The van der Waals surface area contributed by atoms with E-state index in [-0.39, 0.29) is 0 Å². The molecule has 0 radical (unpaired) electrons. The minimum absolute atomic E-state index is 0.513. The number of hydrogen-bond donors (Lipinski definition) is 3. The molecule has 0 saturated carbocycles. The molecule has 0 atom stereocenters. The summed E-state index contributed by atoms with van der Waals surface area (Å²) in [5.74, 6) is 0.829. The van der Waals surface area contributed by atoms with Gasteiger partial charge in [-0.3, -0.25) is 0 Å². The van der Waals surface area contributed by atoms with E-state index < -0.39 is 0 Å². The summed E-state index contributed by atoms with van der Waals surface area (Å²) < 4.78 is 5.18. The topological polar surface area (TPSA) is 63.2 Å². The van der Waals surface area contributed by atoms with Crippen molar-refractivity contribution in [2.24, 2.45) is 0 Å². The molecule has 0 aliphatic rings. The number of anilines is 2. The Morgan fingerprint density at radius 2 is 2.06 bits per heavy atom. The van der Waals surface area contributed by atoms with Crippen molar-refractivity contribution in [3.8, 4) is 0 Å². The summed E-state index contributed by atoms with van der Waals surface area (Å²) >= 11 is 5.15. The van der Waals surface area contributed by atoms with Crippen LogP contribution >= 0.6 is 12.2 Å². The second kappa shape index (κ2) is 5.36. The van der Waals surface area contributed by atoms with Gasteiger partial charge in [0.25, 0.3) is 0 Å². The van der Waals surface area contributed by atoms with Crippen LogP contribution in [0.3, 0.4) is 0 Å². The monoisotopic (exact) mass is 247 g/mol. The van der Waals surface area contributed by atoms with Crippen molar-refractivity contribution < 1.29 is 4.42 Å². The molecule has 1 heterocycles. The highest BCUT2D eigenvalue weighted by molar-refractivity contribution is 7.80. The second-order valence-electron chi connectivity index (χ2n) is 3.47. The zero-order valence-electron chi connectivity index (χ0n) is 9.14. The molecule has 0 bridgehead atoms. The molecule has 4 nitrogen and oxygen atoms in total. The van der Waals surface area contributed by atoms with Crippen molar-refractivity contribution in [3.63, 3.8) is 0 Å². The van der Waals surface area contributed by atoms with Crippen LogP contribution < -0.4 is 16.4 Å². The number of nitrogens with two attached hydrogens (primary N) is 1. The summed E-state index contributed by atoms with van der Waals surface area (Å²) in [5, 5.41) is 6.57. The van der Waals surface area contributed by atoms with Gasteiger partial charge in [0.15, 0.2) is 5.11 Å². The van der Waals surface area contributed by atoms with E-state index in [1.165, 1.54) is 0 Å². The molecule has 2 rings (SSSR count). The third-order valence-corrected chi connectivity index (χ3v) is 2.46. The molecule has 0 unspecified atom stereocenters. The van der Waals surface area contributed by atoms with Crippen LogP contribution in [0.2, 0.25) is 0 Å². The highest BCUT2D eigenvalue weighted by Gasteiger charge is 2.01. The molecule has 5 heteroatoms. The lowest BCUT2D eigenvalue weighted by atomic mass is 10.3. The molecular formula is C12H13N3OS. The molecule has 1 aromatic carbocycles. The highest BCUT2D eigenvalue weighted by Crippen LogP contribution is 2.16. The Bertz CT molecular complexity index is 496. The van der Waals surface area contributed by atoms with Gasteiger partial charge in [-0.25, -0.2) is 0 Å². The van der Waals surface area contributed by atoms with Gasteiger partial charge in [0.05, 0.1) is 24.2 Å². The van der Waals surface area contributed by atoms with Gasteiger partial charge in [0.2, 0.25) is 0 Å². The van der Waals surface area contributed by atoms with Crippen molar-refractivity contribution in [3.05, 3.63) is 48.4 Å². The van der Waals surface area contributed by atoms with Crippen LogP contribution in [0.5, 0.6) is 0 Å². The highest BCUT2D eigenvalue weighted by atomic mass is 32.1. The second-order valence-corrected chi connectivity index (χ2v) is 3.88. The van der Waals surface area contributed by atoms with E-state index in [0.29, 0.717) is 17.3 Å². The number of para-hydroxylation sites is 2. The van der Waals surface area contributed by atoms with E-state index in [1.807, 2.05) is 36.4 Å². The Morgan fingerprint density at radius 3 is 2.76 bits per heavy atom.